The van der Waals surface area contributed by atoms with E-state index in [2.05, 4.69) is 13.8 Å². The van der Waals surface area contributed by atoms with Gasteiger partial charge in [-0.3, -0.25) is 0 Å². The molecule has 0 aliphatic carbocycles. The maximum Gasteiger partial charge on any atom is 0.337 e. The third kappa shape index (κ3) is 12.6. The fourth-order valence-corrected chi connectivity index (χ4v) is 4.14. The highest BCUT2D eigenvalue weighted by Gasteiger charge is 2.08. The van der Waals surface area contributed by atoms with Gasteiger partial charge in [0.1, 0.15) is 0 Å². The maximum atomic E-state index is 10.8. The Morgan fingerprint density at radius 3 is 1.22 bits per heavy atom. The third-order valence-corrected chi connectivity index (χ3v) is 6.33. The van der Waals surface area contributed by atoms with Crippen LogP contribution in [0.5, 0.6) is 0 Å². The first-order valence-electron chi connectivity index (χ1n) is 13.5. The number of carbonyl (C=O) groups is 2. The highest BCUT2D eigenvalue weighted by Crippen LogP contribution is 2.18. The van der Waals surface area contributed by atoms with Crippen LogP contribution in [0.2, 0.25) is 0 Å². The molecule has 0 heterocycles. The van der Waals surface area contributed by atoms with E-state index in [0.717, 1.165) is 36.8 Å². The lowest BCUT2D eigenvalue weighted by Gasteiger charge is -2.05. The zero-order valence-corrected chi connectivity index (χ0v) is 22.2. The number of aryl methyl sites for hydroxylation is 2. The van der Waals surface area contributed by atoms with E-state index in [1.165, 1.54) is 64.2 Å². The van der Waals surface area contributed by atoms with Crippen molar-refractivity contribution in [1.29, 1.82) is 0 Å². The van der Waals surface area contributed by atoms with E-state index in [1.807, 2.05) is 12.1 Å². The van der Waals surface area contributed by atoms with Gasteiger partial charge in [0.2, 0.25) is 0 Å². The van der Waals surface area contributed by atoms with Crippen LogP contribution in [0.15, 0.2) is 36.4 Å². The Bertz CT molecular complexity index is 852. The third-order valence-electron chi connectivity index (χ3n) is 6.33. The van der Waals surface area contributed by atoms with E-state index in [-0.39, 0.29) is 11.1 Å². The minimum atomic E-state index is -0.960. The molecule has 36 heavy (non-hydrogen) atoms. The van der Waals surface area contributed by atoms with Crippen molar-refractivity contribution in [2.45, 2.75) is 104 Å². The van der Waals surface area contributed by atoms with Crippen LogP contribution < -0.4 is 11.5 Å². The first-order chi connectivity index (χ1) is 17.3. The molecule has 0 aliphatic heterocycles. The van der Waals surface area contributed by atoms with Crippen LogP contribution >= 0.6 is 0 Å². The predicted molar refractivity (Wildman–Crippen MR) is 150 cm³/mol. The van der Waals surface area contributed by atoms with E-state index in [1.54, 1.807) is 24.3 Å². The molecule has 2 aromatic carbocycles. The van der Waals surface area contributed by atoms with Crippen LogP contribution in [0.25, 0.3) is 0 Å². The number of carboxylic acid groups (broad SMARTS) is 2. The molecule has 0 saturated carbocycles. The second-order valence-corrected chi connectivity index (χ2v) is 9.49. The Hall–Kier alpha value is -3.02. The van der Waals surface area contributed by atoms with Crippen molar-refractivity contribution in [2.24, 2.45) is 0 Å². The Kier molecular flexibility index (Phi) is 15.7. The summed E-state index contributed by atoms with van der Waals surface area (Å²) in [5, 5.41) is 17.7. The van der Waals surface area contributed by atoms with Gasteiger partial charge in [-0.25, -0.2) is 9.59 Å². The summed E-state index contributed by atoms with van der Waals surface area (Å²) in [6.07, 6.45) is 17.1. The molecule has 0 unspecified atom stereocenters. The molecule has 0 bridgehead atoms. The number of nitrogens with two attached hydrogens (primary N) is 2. The fraction of sp³-hybridized carbons (Fsp3) is 0.533. The van der Waals surface area contributed by atoms with E-state index >= 15 is 0 Å². The van der Waals surface area contributed by atoms with Gasteiger partial charge >= 0.3 is 11.9 Å². The van der Waals surface area contributed by atoms with Gasteiger partial charge in [0.05, 0.1) is 11.1 Å². The summed E-state index contributed by atoms with van der Waals surface area (Å²) in [5.74, 6) is -1.92. The summed E-state index contributed by atoms with van der Waals surface area (Å²) in [4.78, 5) is 21.6. The Labute approximate surface area is 217 Å². The first-order valence-corrected chi connectivity index (χ1v) is 13.5. The molecule has 0 aliphatic rings. The van der Waals surface area contributed by atoms with Gasteiger partial charge in [0.25, 0.3) is 0 Å². The lowest BCUT2D eigenvalue weighted by molar-refractivity contribution is 0.0687. The number of hydrogen-bond donors (Lipinski definition) is 4. The summed E-state index contributed by atoms with van der Waals surface area (Å²) in [6.45, 7) is 4.43. The Morgan fingerprint density at radius 2 is 0.917 bits per heavy atom. The van der Waals surface area contributed by atoms with Crippen LogP contribution in [0.4, 0.5) is 11.4 Å². The molecule has 6 nitrogen and oxygen atoms in total. The zero-order chi connectivity index (χ0) is 26.8. The molecule has 0 saturated heterocycles. The minimum Gasteiger partial charge on any atom is -0.478 e. The molecule has 2 aromatic rings. The topological polar surface area (TPSA) is 127 Å². The number of carboxylic acids is 2. The zero-order valence-electron chi connectivity index (χ0n) is 22.2. The number of benzene rings is 2. The molecule has 0 spiro atoms. The van der Waals surface area contributed by atoms with Crippen molar-refractivity contribution in [3.8, 4) is 0 Å². The molecule has 200 valence electrons. The Morgan fingerprint density at radius 1 is 0.583 bits per heavy atom. The van der Waals surface area contributed by atoms with E-state index in [0.29, 0.717) is 11.4 Å². The molecule has 0 atom stereocenters. The van der Waals surface area contributed by atoms with Gasteiger partial charge in [0, 0.05) is 11.4 Å². The van der Waals surface area contributed by atoms with Crippen LogP contribution in [0.1, 0.15) is 123 Å². The van der Waals surface area contributed by atoms with Crippen molar-refractivity contribution in [3.05, 3.63) is 58.7 Å². The van der Waals surface area contributed by atoms with Gasteiger partial charge in [-0.05, 0) is 61.1 Å². The highest BCUT2D eigenvalue weighted by molar-refractivity contribution is 5.94. The minimum absolute atomic E-state index is 0.196. The average Bonchev–Trinajstić information content (AvgIpc) is 2.83. The molecule has 2 rings (SSSR count). The number of rotatable bonds is 16. The first kappa shape index (κ1) is 31.0. The van der Waals surface area contributed by atoms with Crippen LogP contribution in [0, 0.1) is 0 Å². The molecular weight excluding hydrogens is 452 g/mol. The normalized spacial score (nSPS) is 10.5. The van der Waals surface area contributed by atoms with Gasteiger partial charge in [-0.15, -0.1) is 0 Å². The van der Waals surface area contributed by atoms with E-state index in [9.17, 15) is 9.59 Å². The lowest BCUT2D eigenvalue weighted by atomic mass is 10.0. The molecule has 0 radical (unpaired) electrons. The fourth-order valence-electron chi connectivity index (χ4n) is 4.14. The van der Waals surface area contributed by atoms with E-state index < -0.39 is 11.9 Å². The Balaban J connectivity index is 0.000000360. The van der Waals surface area contributed by atoms with Gasteiger partial charge in [-0.2, -0.15) is 0 Å². The number of hydrogen-bond acceptors (Lipinski definition) is 4. The molecule has 0 fully saturated rings. The van der Waals surface area contributed by atoms with Crippen molar-refractivity contribution in [2.75, 3.05) is 11.5 Å². The summed E-state index contributed by atoms with van der Waals surface area (Å²) < 4.78 is 0. The van der Waals surface area contributed by atoms with Crippen LogP contribution in [-0.4, -0.2) is 22.2 Å². The van der Waals surface area contributed by atoms with Crippen molar-refractivity contribution in [1.82, 2.24) is 0 Å². The van der Waals surface area contributed by atoms with Gasteiger partial charge in [0.15, 0.2) is 0 Å². The summed E-state index contributed by atoms with van der Waals surface area (Å²) in [7, 11) is 0. The molecule has 0 amide bonds. The monoisotopic (exact) mass is 498 g/mol. The molecule has 0 aromatic heterocycles. The van der Waals surface area contributed by atoms with Gasteiger partial charge < -0.3 is 21.7 Å². The van der Waals surface area contributed by atoms with Gasteiger partial charge in [-0.1, -0.05) is 90.2 Å². The van der Waals surface area contributed by atoms with E-state index in [4.69, 9.17) is 21.7 Å². The summed E-state index contributed by atoms with van der Waals surface area (Å²) >= 11 is 0. The average molecular weight is 499 g/mol. The number of anilines is 2. The lowest BCUT2D eigenvalue weighted by Crippen LogP contribution is -2.03. The summed E-state index contributed by atoms with van der Waals surface area (Å²) in [6, 6.07) is 10.5. The number of unbranched alkanes of at least 4 members (excludes halogenated alkanes) is 10. The molecule has 6 N–H and O–H groups in total. The number of nitrogen functional groups attached to an aromatic ring is 2. The highest BCUT2D eigenvalue weighted by atomic mass is 16.4. The van der Waals surface area contributed by atoms with Crippen molar-refractivity contribution < 1.29 is 19.8 Å². The van der Waals surface area contributed by atoms with Crippen molar-refractivity contribution >= 4 is 23.3 Å². The quantitative estimate of drug-likeness (QED) is 0.138. The predicted octanol–water partition coefficient (Wildman–Crippen LogP) is 7.74. The number of aromatic carboxylic acids is 2. The van der Waals surface area contributed by atoms with Crippen molar-refractivity contribution in [3.63, 3.8) is 0 Å². The molecular formula is C30H46N2O4. The van der Waals surface area contributed by atoms with Crippen LogP contribution in [-0.2, 0) is 12.8 Å². The SMILES string of the molecule is CCCCCCCCc1ccc(C(=O)O)c(N)c1.CCCCCCCCc1ccc(C(=O)O)c(N)c1. The van der Waals surface area contributed by atoms with Crippen LogP contribution in [0.3, 0.4) is 0 Å². The second kappa shape index (κ2) is 18.3. The maximum absolute atomic E-state index is 10.8. The summed E-state index contributed by atoms with van der Waals surface area (Å²) in [5.41, 5.74) is 14.8. The largest absolute Gasteiger partial charge is 0.478 e. The second-order valence-electron chi connectivity index (χ2n) is 9.49. The standard InChI is InChI=1S/2C15H23NO2/c2*1-2-3-4-5-6-7-8-12-9-10-13(15(17)18)14(16)11-12/h2*9-11H,2-8,16H2,1H3,(H,17,18). The smallest absolute Gasteiger partial charge is 0.337 e. The molecule has 6 heteroatoms.